The van der Waals surface area contributed by atoms with Gasteiger partial charge in [-0.1, -0.05) is 12.1 Å². The summed E-state index contributed by atoms with van der Waals surface area (Å²) < 4.78 is 13.4. The number of hydrogen-bond donors (Lipinski definition) is 0. The Morgan fingerprint density at radius 3 is 2.59 bits per heavy atom. The number of nitriles is 1. The van der Waals surface area contributed by atoms with Gasteiger partial charge in [0.2, 0.25) is 0 Å². The van der Waals surface area contributed by atoms with E-state index in [4.69, 9.17) is 9.47 Å². The first-order valence-electron chi connectivity index (χ1n) is 12.0. The molecule has 2 aliphatic rings. The van der Waals surface area contributed by atoms with Gasteiger partial charge in [0.15, 0.2) is 0 Å². The first-order chi connectivity index (χ1) is 16.5. The van der Waals surface area contributed by atoms with E-state index < -0.39 is 0 Å². The third-order valence-corrected chi connectivity index (χ3v) is 6.75. The molecule has 1 aromatic heterocycles. The van der Waals surface area contributed by atoms with Crippen LogP contribution in [0.5, 0.6) is 0 Å². The van der Waals surface area contributed by atoms with E-state index in [-0.39, 0.29) is 17.6 Å². The Labute approximate surface area is 202 Å². The maximum atomic E-state index is 13.1. The summed E-state index contributed by atoms with van der Waals surface area (Å²) in [6, 6.07) is 12.4. The molecule has 1 unspecified atom stereocenters. The van der Waals surface area contributed by atoms with Crippen LogP contribution in [0.4, 0.5) is 5.69 Å². The molecular formula is C27H34N4O3. The number of carbonyl (C=O) groups excluding carboxylic acids is 1. The quantitative estimate of drug-likeness (QED) is 0.464. The molecule has 0 radical (unpaired) electrons. The summed E-state index contributed by atoms with van der Waals surface area (Å²) in [5, 5.41) is 9.74. The van der Waals surface area contributed by atoms with Crippen LogP contribution in [0.25, 0.3) is 6.08 Å². The van der Waals surface area contributed by atoms with Gasteiger partial charge < -0.3 is 23.8 Å². The van der Waals surface area contributed by atoms with Crippen LogP contribution < -0.4 is 4.90 Å². The second kappa shape index (κ2) is 10.9. The van der Waals surface area contributed by atoms with Crippen molar-refractivity contribution in [3.63, 3.8) is 0 Å². The van der Waals surface area contributed by atoms with Crippen molar-refractivity contribution in [1.82, 2.24) is 9.47 Å². The second-order valence-corrected chi connectivity index (χ2v) is 9.17. The van der Waals surface area contributed by atoms with E-state index in [1.807, 2.05) is 25.1 Å². The zero-order valence-electron chi connectivity index (χ0n) is 20.4. The SMILES string of the molecule is Cc1cc(/C=C(\C#N)C(=O)N(C)Cc2ccc(N3CCOCC3)cc2)c(C)n1CC1CCCO1. The summed E-state index contributed by atoms with van der Waals surface area (Å²) in [7, 11) is 1.74. The van der Waals surface area contributed by atoms with E-state index in [1.54, 1.807) is 18.0 Å². The van der Waals surface area contributed by atoms with Gasteiger partial charge in [0, 0.05) is 56.9 Å². The molecule has 1 atom stereocenters. The third-order valence-electron chi connectivity index (χ3n) is 6.75. The number of benzene rings is 1. The highest BCUT2D eigenvalue weighted by atomic mass is 16.5. The molecule has 2 aliphatic heterocycles. The highest BCUT2D eigenvalue weighted by Crippen LogP contribution is 2.23. The van der Waals surface area contributed by atoms with Gasteiger partial charge in [-0.05, 0) is 62.1 Å². The standard InChI is InChI=1S/C27H34N4O3/c1-20-15-23(21(2)31(20)19-26-5-4-12-34-26)16-24(17-28)27(32)29(3)18-22-6-8-25(9-7-22)30-10-13-33-14-11-30/h6-9,15-16,26H,4-5,10-14,18-19H2,1-3H3/b24-16+. The maximum Gasteiger partial charge on any atom is 0.264 e. The molecule has 1 aromatic carbocycles. The lowest BCUT2D eigenvalue weighted by atomic mass is 10.1. The fraction of sp³-hybridized carbons (Fsp3) is 0.481. The van der Waals surface area contributed by atoms with Crippen molar-refractivity contribution in [3.8, 4) is 6.07 Å². The predicted octanol–water partition coefficient (Wildman–Crippen LogP) is 3.69. The summed E-state index contributed by atoms with van der Waals surface area (Å²) in [4.78, 5) is 17.0. The zero-order chi connectivity index (χ0) is 24.1. The molecule has 0 saturated carbocycles. The van der Waals surface area contributed by atoms with Gasteiger partial charge in [-0.2, -0.15) is 5.26 Å². The van der Waals surface area contributed by atoms with Crippen molar-refractivity contribution in [2.24, 2.45) is 0 Å². The Morgan fingerprint density at radius 1 is 1.21 bits per heavy atom. The van der Waals surface area contributed by atoms with Gasteiger partial charge in [0.05, 0.1) is 19.3 Å². The molecular weight excluding hydrogens is 428 g/mol. The lowest BCUT2D eigenvalue weighted by molar-refractivity contribution is -0.125. The zero-order valence-corrected chi connectivity index (χ0v) is 20.4. The molecule has 180 valence electrons. The normalized spacial score (nSPS) is 18.7. The molecule has 0 N–H and O–H groups in total. The van der Waals surface area contributed by atoms with Crippen LogP contribution in [0.2, 0.25) is 0 Å². The molecule has 3 heterocycles. The predicted molar refractivity (Wildman–Crippen MR) is 132 cm³/mol. The minimum Gasteiger partial charge on any atom is -0.378 e. The van der Waals surface area contributed by atoms with Crippen LogP contribution in [-0.2, 0) is 27.4 Å². The number of morpholine rings is 1. The van der Waals surface area contributed by atoms with E-state index in [9.17, 15) is 10.1 Å². The number of aromatic nitrogens is 1. The summed E-state index contributed by atoms with van der Waals surface area (Å²) in [6.07, 6.45) is 4.13. The Hall–Kier alpha value is -3.08. The Bertz CT molecular complexity index is 1070. The third kappa shape index (κ3) is 5.52. The van der Waals surface area contributed by atoms with Gasteiger partial charge >= 0.3 is 0 Å². The molecule has 1 amide bonds. The van der Waals surface area contributed by atoms with Crippen molar-refractivity contribution in [2.45, 2.75) is 45.9 Å². The van der Waals surface area contributed by atoms with Crippen molar-refractivity contribution in [3.05, 3.63) is 58.4 Å². The van der Waals surface area contributed by atoms with Gasteiger partial charge in [-0.15, -0.1) is 0 Å². The molecule has 0 spiro atoms. The van der Waals surface area contributed by atoms with Crippen molar-refractivity contribution in [2.75, 3.05) is 44.9 Å². The number of ether oxygens (including phenoxy) is 2. The number of likely N-dealkylation sites (N-methyl/N-ethyl adjacent to an activating group) is 1. The van der Waals surface area contributed by atoms with Crippen LogP contribution in [0.3, 0.4) is 0 Å². The summed E-state index contributed by atoms with van der Waals surface area (Å²) in [5.41, 5.74) is 5.40. The second-order valence-electron chi connectivity index (χ2n) is 9.17. The lowest BCUT2D eigenvalue weighted by Crippen LogP contribution is -2.36. The van der Waals surface area contributed by atoms with Crippen molar-refractivity contribution < 1.29 is 14.3 Å². The first kappa shape index (κ1) is 24.1. The largest absolute Gasteiger partial charge is 0.378 e. The lowest BCUT2D eigenvalue weighted by Gasteiger charge is -2.29. The Kier molecular flexibility index (Phi) is 7.71. The minimum absolute atomic E-state index is 0.143. The fourth-order valence-corrected chi connectivity index (χ4v) is 4.73. The molecule has 2 aromatic rings. The summed E-state index contributed by atoms with van der Waals surface area (Å²) in [6.45, 7) is 9.45. The van der Waals surface area contributed by atoms with Crippen molar-refractivity contribution >= 4 is 17.7 Å². The molecule has 0 bridgehead atoms. The summed E-state index contributed by atoms with van der Waals surface area (Å²) >= 11 is 0. The molecule has 34 heavy (non-hydrogen) atoms. The smallest absolute Gasteiger partial charge is 0.264 e. The Morgan fingerprint density at radius 2 is 1.94 bits per heavy atom. The van der Waals surface area contributed by atoms with Crippen LogP contribution in [0.15, 0.2) is 35.9 Å². The average molecular weight is 463 g/mol. The summed E-state index contributed by atoms with van der Waals surface area (Å²) in [5.74, 6) is -0.274. The van der Waals surface area contributed by atoms with E-state index in [2.05, 4.69) is 34.6 Å². The number of nitrogens with zero attached hydrogens (tertiary/aromatic N) is 4. The molecule has 7 nitrogen and oxygen atoms in total. The Balaban J connectivity index is 1.43. The van der Waals surface area contributed by atoms with E-state index in [0.29, 0.717) is 6.54 Å². The number of anilines is 1. The molecule has 7 heteroatoms. The van der Waals surface area contributed by atoms with E-state index in [0.717, 1.165) is 80.5 Å². The van der Waals surface area contributed by atoms with Gasteiger partial charge in [0.1, 0.15) is 11.6 Å². The van der Waals surface area contributed by atoms with E-state index >= 15 is 0 Å². The monoisotopic (exact) mass is 462 g/mol. The number of hydrogen-bond acceptors (Lipinski definition) is 5. The van der Waals surface area contributed by atoms with Crippen LogP contribution in [0, 0.1) is 25.2 Å². The number of carbonyl (C=O) groups is 1. The van der Waals surface area contributed by atoms with Crippen LogP contribution in [-0.4, -0.2) is 61.4 Å². The van der Waals surface area contributed by atoms with E-state index in [1.165, 1.54) is 0 Å². The molecule has 0 aliphatic carbocycles. The topological polar surface area (TPSA) is 70.7 Å². The number of aryl methyl sites for hydroxylation is 1. The highest BCUT2D eigenvalue weighted by Gasteiger charge is 2.20. The van der Waals surface area contributed by atoms with Gasteiger partial charge in [-0.25, -0.2) is 0 Å². The van der Waals surface area contributed by atoms with Gasteiger partial charge in [0.25, 0.3) is 5.91 Å². The average Bonchev–Trinajstić information content (AvgIpc) is 3.47. The van der Waals surface area contributed by atoms with Crippen LogP contribution >= 0.6 is 0 Å². The first-order valence-corrected chi connectivity index (χ1v) is 12.0. The van der Waals surface area contributed by atoms with Crippen molar-refractivity contribution in [1.29, 1.82) is 5.26 Å². The maximum absolute atomic E-state index is 13.1. The fourth-order valence-electron chi connectivity index (χ4n) is 4.73. The molecule has 4 rings (SSSR count). The molecule has 2 saturated heterocycles. The highest BCUT2D eigenvalue weighted by molar-refractivity contribution is 6.01. The van der Waals surface area contributed by atoms with Gasteiger partial charge in [-0.3, -0.25) is 4.79 Å². The minimum atomic E-state index is -0.274. The molecule has 2 fully saturated rings. The number of amides is 1. The number of rotatable bonds is 7. The van der Waals surface area contributed by atoms with Crippen LogP contribution in [0.1, 0.15) is 35.4 Å².